The summed E-state index contributed by atoms with van der Waals surface area (Å²) in [5, 5.41) is 12.2. The molecule has 0 bridgehead atoms. The van der Waals surface area contributed by atoms with Gasteiger partial charge in [-0.3, -0.25) is 0 Å². The van der Waals surface area contributed by atoms with Crippen molar-refractivity contribution in [1.29, 1.82) is 0 Å². The summed E-state index contributed by atoms with van der Waals surface area (Å²) >= 11 is 0. The monoisotopic (exact) mass is 480 g/mol. The average Bonchev–Trinajstić information content (AvgIpc) is 2.78. The number of likely N-dealkylation sites (tertiary alicyclic amines) is 1. The van der Waals surface area contributed by atoms with Crippen molar-refractivity contribution >= 4 is 27.4 Å². The van der Waals surface area contributed by atoms with Gasteiger partial charge in [-0.05, 0) is 12.1 Å². The number of aryl methyl sites for hydroxylation is 1. The van der Waals surface area contributed by atoms with E-state index in [1.165, 1.54) is 25.4 Å². The summed E-state index contributed by atoms with van der Waals surface area (Å²) in [6, 6.07) is 5.15. The summed E-state index contributed by atoms with van der Waals surface area (Å²) in [6.07, 6.45) is 3.12. The number of pyridine rings is 2. The van der Waals surface area contributed by atoms with Crippen LogP contribution in [0.5, 0.6) is 17.4 Å². The average molecular weight is 481 g/mol. The first-order chi connectivity index (χ1) is 15.7. The highest BCUT2D eigenvalue weighted by atomic mass is 32.2. The van der Waals surface area contributed by atoms with Crippen LogP contribution in [0.15, 0.2) is 24.4 Å². The van der Waals surface area contributed by atoms with Crippen LogP contribution in [0.4, 0.5) is 16.3 Å². The zero-order chi connectivity index (χ0) is 24.0. The highest BCUT2D eigenvalue weighted by Gasteiger charge is 2.25. The van der Waals surface area contributed by atoms with Crippen molar-refractivity contribution in [2.75, 3.05) is 44.6 Å². The summed E-state index contributed by atoms with van der Waals surface area (Å²) in [5.41, 5.74) is 1.12. The largest absolute Gasteiger partial charge is 0.490 e. The molecule has 2 aromatic rings. The van der Waals surface area contributed by atoms with E-state index >= 15 is 0 Å². The minimum atomic E-state index is -3.10. The van der Waals surface area contributed by atoms with Crippen LogP contribution in [0, 0.1) is 0 Å². The van der Waals surface area contributed by atoms with Crippen LogP contribution in [0.1, 0.15) is 18.5 Å². The molecule has 11 nitrogen and oxygen atoms in total. The number of amides is 1. The molecule has 0 aromatic carbocycles. The normalized spacial score (nSPS) is 14.6. The molecule has 1 saturated heterocycles. The third-order valence-electron chi connectivity index (χ3n) is 5.17. The van der Waals surface area contributed by atoms with Gasteiger partial charge in [0, 0.05) is 56.6 Å². The Kier molecular flexibility index (Phi) is 7.79. The first kappa shape index (κ1) is 24.4. The Morgan fingerprint density at radius 1 is 1.21 bits per heavy atom. The Morgan fingerprint density at radius 2 is 1.94 bits per heavy atom. The molecule has 0 radical (unpaired) electrons. The number of ether oxygens (including phenoxy) is 3. The summed E-state index contributed by atoms with van der Waals surface area (Å²) in [7, 11) is -0.123. The second-order valence-electron chi connectivity index (χ2n) is 7.64. The van der Waals surface area contributed by atoms with Gasteiger partial charge in [0.2, 0.25) is 11.6 Å². The zero-order valence-corrected chi connectivity index (χ0v) is 19.6. The van der Waals surface area contributed by atoms with Crippen molar-refractivity contribution in [2.45, 2.75) is 25.4 Å². The molecule has 180 valence electrons. The topological polar surface area (TPSA) is 140 Å². The van der Waals surface area contributed by atoms with Gasteiger partial charge in [-0.25, -0.2) is 23.2 Å². The van der Waals surface area contributed by atoms with Crippen LogP contribution in [-0.4, -0.2) is 79.9 Å². The lowest BCUT2D eigenvalue weighted by atomic mass is 10.1. The smallest absolute Gasteiger partial charge is 0.407 e. The lowest BCUT2D eigenvalue weighted by Gasteiger charge is -2.30. The van der Waals surface area contributed by atoms with Crippen LogP contribution < -0.4 is 19.5 Å². The molecule has 1 aliphatic heterocycles. The summed E-state index contributed by atoms with van der Waals surface area (Å²) < 4.78 is 39.9. The molecule has 0 atom stereocenters. The number of methoxy groups -OCH3 is 2. The van der Waals surface area contributed by atoms with Crippen LogP contribution in [0.25, 0.3) is 0 Å². The first-order valence-electron chi connectivity index (χ1n) is 10.4. The molecule has 2 N–H and O–H groups in total. The molecule has 1 aliphatic rings. The quantitative estimate of drug-likeness (QED) is 0.549. The summed E-state index contributed by atoms with van der Waals surface area (Å²) in [4.78, 5) is 21.2. The number of nitrogens with zero attached hydrogens (tertiary/aromatic N) is 3. The van der Waals surface area contributed by atoms with Crippen molar-refractivity contribution < 1.29 is 32.5 Å². The van der Waals surface area contributed by atoms with Crippen LogP contribution in [0.2, 0.25) is 0 Å². The Morgan fingerprint density at radius 3 is 2.55 bits per heavy atom. The van der Waals surface area contributed by atoms with Gasteiger partial charge in [0.25, 0.3) is 0 Å². The van der Waals surface area contributed by atoms with Gasteiger partial charge in [-0.15, -0.1) is 0 Å². The van der Waals surface area contributed by atoms with E-state index < -0.39 is 15.9 Å². The standard InChI is InChI=1S/C21H28N4O7S/c1-30-18-17(32-15-7-11-25(12-8-15)21(26)27)6-10-22-19(18)24-16-5-4-14(23-20(16)31-2)9-13-33(3,28)29/h4-6,10,15H,7-9,11-13H2,1-3H3,(H,22,24)(H,26,27). The Balaban J connectivity index is 1.75. The predicted octanol–water partition coefficient (Wildman–Crippen LogP) is 2.35. The molecule has 0 spiro atoms. The number of carbonyl (C=O) groups is 1. The minimum Gasteiger partial charge on any atom is -0.490 e. The molecule has 12 heteroatoms. The number of nitrogens with one attached hydrogen (secondary N) is 1. The number of carboxylic acid groups (broad SMARTS) is 1. The predicted molar refractivity (Wildman–Crippen MR) is 122 cm³/mol. The molecule has 0 unspecified atom stereocenters. The second kappa shape index (κ2) is 10.6. The highest BCUT2D eigenvalue weighted by Crippen LogP contribution is 2.37. The van der Waals surface area contributed by atoms with Crippen LogP contribution >= 0.6 is 0 Å². The highest BCUT2D eigenvalue weighted by molar-refractivity contribution is 7.90. The van der Waals surface area contributed by atoms with Crippen LogP contribution in [-0.2, 0) is 16.3 Å². The molecule has 3 heterocycles. The fourth-order valence-corrected chi connectivity index (χ4v) is 4.02. The van der Waals surface area contributed by atoms with Gasteiger partial charge in [0.05, 0.1) is 20.0 Å². The number of hydrogen-bond acceptors (Lipinski definition) is 9. The lowest BCUT2D eigenvalue weighted by molar-refractivity contribution is 0.0878. The van der Waals surface area contributed by atoms with Crippen molar-refractivity contribution in [3.63, 3.8) is 0 Å². The molecule has 33 heavy (non-hydrogen) atoms. The summed E-state index contributed by atoms with van der Waals surface area (Å²) in [6.45, 7) is 0.820. The van der Waals surface area contributed by atoms with E-state index in [0.29, 0.717) is 54.6 Å². The van der Waals surface area contributed by atoms with E-state index in [2.05, 4.69) is 15.3 Å². The molecule has 2 aromatic heterocycles. The Hall–Kier alpha value is -3.28. The molecule has 1 fully saturated rings. The molecule has 0 aliphatic carbocycles. The molecular formula is C21H28N4O7S. The molecular weight excluding hydrogens is 452 g/mol. The zero-order valence-electron chi connectivity index (χ0n) is 18.8. The van der Waals surface area contributed by atoms with E-state index in [1.807, 2.05) is 0 Å². The second-order valence-corrected chi connectivity index (χ2v) is 9.90. The van der Waals surface area contributed by atoms with Crippen molar-refractivity contribution in [1.82, 2.24) is 14.9 Å². The third kappa shape index (κ3) is 6.60. The van der Waals surface area contributed by atoms with Gasteiger partial charge >= 0.3 is 6.09 Å². The third-order valence-corrected chi connectivity index (χ3v) is 6.12. The van der Waals surface area contributed by atoms with Crippen LogP contribution in [0.3, 0.4) is 0 Å². The Bertz CT molecular complexity index is 1090. The molecule has 3 rings (SSSR count). The van der Waals surface area contributed by atoms with Gasteiger partial charge in [0.1, 0.15) is 21.6 Å². The van der Waals surface area contributed by atoms with E-state index in [0.717, 1.165) is 0 Å². The number of piperidine rings is 1. The van der Waals surface area contributed by atoms with Gasteiger partial charge in [-0.2, -0.15) is 0 Å². The summed E-state index contributed by atoms with van der Waals surface area (Å²) in [5.74, 6) is 1.55. The number of anilines is 2. The maximum atomic E-state index is 11.4. The first-order valence-corrected chi connectivity index (χ1v) is 12.4. The van der Waals surface area contributed by atoms with E-state index in [4.69, 9.17) is 19.3 Å². The van der Waals surface area contributed by atoms with Crippen molar-refractivity contribution in [3.05, 3.63) is 30.1 Å². The van der Waals surface area contributed by atoms with Crippen molar-refractivity contribution in [2.24, 2.45) is 0 Å². The number of sulfone groups is 1. The SMILES string of the molecule is COc1nc(CCS(C)(=O)=O)ccc1Nc1nccc(OC2CCN(C(=O)O)CC2)c1OC. The van der Waals surface area contributed by atoms with E-state index in [1.54, 1.807) is 24.4 Å². The van der Waals surface area contributed by atoms with E-state index in [-0.39, 0.29) is 24.2 Å². The van der Waals surface area contributed by atoms with Gasteiger partial charge in [0.15, 0.2) is 11.6 Å². The minimum absolute atomic E-state index is 0.00389. The van der Waals surface area contributed by atoms with Gasteiger partial charge < -0.3 is 29.5 Å². The van der Waals surface area contributed by atoms with E-state index in [9.17, 15) is 13.2 Å². The number of hydrogen-bond donors (Lipinski definition) is 2. The number of aromatic nitrogens is 2. The maximum Gasteiger partial charge on any atom is 0.407 e. The Labute approximate surface area is 192 Å². The van der Waals surface area contributed by atoms with Crippen molar-refractivity contribution in [3.8, 4) is 17.4 Å². The number of rotatable bonds is 9. The fourth-order valence-electron chi connectivity index (χ4n) is 3.44. The molecule has 1 amide bonds. The molecule has 0 saturated carbocycles. The maximum absolute atomic E-state index is 11.4. The lowest BCUT2D eigenvalue weighted by Crippen LogP contribution is -2.41. The van der Waals surface area contributed by atoms with Gasteiger partial charge in [-0.1, -0.05) is 0 Å². The fraction of sp³-hybridized carbons (Fsp3) is 0.476.